The molecular weight excluding hydrogens is 308 g/mol. The molecule has 1 fully saturated rings. The minimum Gasteiger partial charge on any atom is -0.329 e. The van der Waals surface area contributed by atoms with Gasteiger partial charge in [0.1, 0.15) is 0 Å². The first-order valence-corrected chi connectivity index (χ1v) is 9.42. The van der Waals surface area contributed by atoms with E-state index in [0.29, 0.717) is 6.54 Å². The fourth-order valence-corrected chi connectivity index (χ4v) is 3.27. The van der Waals surface area contributed by atoms with Gasteiger partial charge in [0.2, 0.25) is 0 Å². The van der Waals surface area contributed by atoms with Gasteiger partial charge in [-0.15, -0.1) is 0 Å². The fraction of sp³-hybridized carbons (Fsp3) is 1.00. The lowest BCUT2D eigenvalue weighted by Gasteiger charge is -2.36. The summed E-state index contributed by atoms with van der Waals surface area (Å²) in [7, 11) is 0. The Morgan fingerprint density at radius 3 is 1.81 bits per heavy atom. The zero-order valence-corrected chi connectivity index (χ0v) is 15.3. The van der Waals surface area contributed by atoms with Gasteiger partial charge in [-0.05, 0) is 78.8 Å². The SMILES string of the molecule is CC(C)(CN1CCCN(CC(C)(C)S(=O)O)CCC1)SO. The van der Waals surface area contributed by atoms with Gasteiger partial charge in [-0.25, -0.2) is 4.21 Å². The molecule has 7 heteroatoms. The molecule has 1 saturated heterocycles. The van der Waals surface area contributed by atoms with Crippen LogP contribution in [0.25, 0.3) is 0 Å². The molecule has 2 N–H and O–H groups in total. The van der Waals surface area contributed by atoms with Crippen LogP contribution >= 0.6 is 12.0 Å². The van der Waals surface area contributed by atoms with E-state index in [1.807, 2.05) is 13.8 Å². The summed E-state index contributed by atoms with van der Waals surface area (Å²) in [6.07, 6.45) is 2.11. The lowest BCUT2D eigenvalue weighted by Crippen LogP contribution is -2.46. The number of nitrogens with zero attached hydrogens (tertiary/aromatic N) is 2. The Morgan fingerprint density at radius 2 is 1.43 bits per heavy atom. The van der Waals surface area contributed by atoms with Crippen LogP contribution in [0.15, 0.2) is 0 Å². The predicted molar refractivity (Wildman–Crippen MR) is 91.3 cm³/mol. The molecule has 0 radical (unpaired) electrons. The van der Waals surface area contributed by atoms with Gasteiger partial charge in [-0.3, -0.25) is 0 Å². The van der Waals surface area contributed by atoms with E-state index in [1.165, 1.54) is 0 Å². The van der Waals surface area contributed by atoms with E-state index < -0.39 is 15.8 Å². The predicted octanol–water partition coefficient (Wildman–Crippen LogP) is 2.37. The van der Waals surface area contributed by atoms with Gasteiger partial charge in [-0.2, -0.15) is 0 Å². The highest BCUT2D eigenvalue weighted by molar-refractivity contribution is 7.95. The number of hydrogen-bond donors (Lipinski definition) is 2. The molecule has 0 saturated carbocycles. The molecule has 0 aromatic carbocycles. The van der Waals surface area contributed by atoms with E-state index in [4.69, 9.17) is 0 Å². The standard InChI is InChI=1S/C14H30N2O3S2/c1-13(2,20-17)11-15-7-5-9-16(10-6-8-15)12-14(3,4)21(18)19/h17H,5-12H2,1-4H3,(H,18,19). The van der Waals surface area contributed by atoms with Crippen LogP contribution in [-0.4, -0.2) is 71.9 Å². The highest BCUT2D eigenvalue weighted by atomic mass is 32.2. The minimum atomic E-state index is -1.79. The van der Waals surface area contributed by atoms with Crippen molar-refractivity contribution in [3.8, 4) is 0 Å². The molecule has 126 valence electrons. The summed E-state index contributed by atoms with van der Waals surface area (Å²) >= 11 is -0.861. The summed E-state index contributed by atoms with van der Waals surface area (Å²) in [5, 5.41) is 0. The molecule has 0 spiro atoms. The van der Waals surface area contributed by atoms with Crippen LogP contribution in [-0.2, 0) is 11.1 Å². The fourth-order valence-electron chi connectivity index (χ4n) is 2.74. The normalized spacial score (nSPS) is 21.8. The smallest absolute Gasteiger partial charge is 0.159 e. The average molecular weight is 339 g/mol. The van der Waals surface area contributed by atoms with Gasteiger partial charge in [0.25, 0.3) is 0 Å². The van der Waals surface area contributed by atoms with Crippen molar-refractivity contribution in [1.82, 2.24) is 9.80 Å². The van der Waals surface area contributed by atoms with Crippen LogP contribution in [0, 0.1) is 0 Å². The topological polar surface area (TPSA) is 64.0 Å². The van der Waals surface area contributed by atoms with Crippen molar-refractivity contribution in [1.29, 1.82) is 0 Å². The molecule has 0 aliphatic carbocycles. The molecule has 1 atom stereocenters. The van der Waals surface area contributed by atoms with Crippen molar-refractivity contribution in [3.05, 3.63) is 0 Å². The molecule has 1 aliphatic heterocycles. The van der Waals surface area contributed by atoms with Crippen LogP contribution in [0.3, 0.4) is 0 Å². The first kappa shape index (κ1) is 19.4. The Balaban J connectivity index is 2.45. The van der Waals surface area contributed by atoms with Gasteiger partial charge >= 0.3 is 0 Å². The third kappa shape index (κ3) is 6.97. The molecule has 0 bridgehead atoms. The quantitative estimate of drug-likeness (QED) is 0.573. The number of rotatable bonds is 6. The van der Waals surface area contributed by atoms with Crippen LogP contribution in [0.1, 0.15) is 40.5 Å². The first-order valence-electron chi connectivity index (χ1n) is 7.54. The second-order valence-corrected chi connectivity index (χ2v) is 10.0. The Hall–Kier alpha value is 0.340. The maximum atomic E-state index is 11.3. The third-order valence-electron chi connectivity index (χ3n) is 3.83. The number of hydrogen-bond acceptors (Lipinski definition) is 5. The van der Waals surface area contributed by atoms with E-state index in [0.717, 1.165) is 57.6 Å². The lowest BCUT2D eigenvalue weighted by molar-refractivity contribution is 0.167. The Kier molecular flexibility index (Phi) is 7.63. The average Bonchev–Trinajstić information content (AvgIpc) is 2.34. The third-order valence-corrected chi connectivity index (χ3v) is 5.52. The molecule has 1 unspecified atom stereocenters. The van der Waals surface area contributed by atoms with E-state index in [-0.39, 0.29) is 4.75 Å². The van der Waals surface area contributed by atoms with Gasteiger partial charge in [-0.1, -0.05) is 0 Å². The van der Waals surface area contributed by atoms with Gasteiger partial charge < -0.3 is 18.9 Å². The van der Waals surface area contributed by atoms with Crippen LogP contribution < -0.4 is 0 Å². The van der Waals surface area contributed by atoms with Crippen LogP contribution in [0.4, 0.5) is 0 Å². The highest BCUT2D eigenvalue weighted by Gasteiger charge is 2.29. The van der Waals surface area contributed by atoms with E-state index in [1.54, 1.807) is 0 Å². The van der Waals surface area contributed by atoms with Crippen LogP contribution in [0.2, 0.25) is 0 Å². The summed E-state index contributed by atoms with van der Waals surface area (Å²) in [4.78, 5) is 4.72. The minimum absolute atomic E-state index is 0.130. The van der Waals surface area contributed by atoms with Crippen molar-refractivity contribution < 1.29 is 13.3 Å². The zero-order chi connectivity index (χ0) is 16.1. The molecular formula is C14H30N2O3S2. The molecule has 0 amide bonds. The van der Waals surface area contributed by atoms with Crippen molar-refractivity contribution in [2.45, 2.75) is 50.0 Å². The molecule has 1 heterocycles. The van der Waals surface area contributed by atoms with Gasteiger partial charge in [0.15, 0.2) is 11.1 Å². The summed E-state index contributed by atoms with van der Waals surface area (Å²) in [6, 6.07) is 0. The van der Waals surface area contributed by atoms with Crippen molar-refractivity contribution in [2.75, 3.05) is 39.3 Å². The summed E-state index contributed by atoms with van der Waals surface area (Å²) in [5.41, 5.74) is 0. The summed E-state index contributed by atoms with van der Waals surface area (Å²) < 4.78 is 29.3. The van der Waals surface area contributed by atoms with E-state index in [2.05, 4.69) is 23.6 Å². The second-order valence-electron chi connectivity index (χ2n) is 7.12. The zero-order valence-electron chi connectivity index (χ0n) is 13.7. The van der Waals surface area contributed by atoms with Crippen LogP contribution in [0.5, 0.6) is 0 Å². The highest BCUT2D eigenvalue weighted by Crippen LogP contribution is 2.23. The Labute approximate surface area is 136 Å². The van der Waals surface area contributed by atoms with E-state index >= 15 is 0 Å². The summed E-state index contributed by atoms with van der Waals surface area (Å²) in [6.45, 7) is 13.3. The maximum Gasteiger partial charge on any atom is 0.159 e. The Bertz CT molecular complexity index is 341. The van der Waals surface area contributed by atoms with Crippen molar-refractivity contribution >= 4 is 23.1 Å². The molecule has 21 heavy (non-hydrogen) atoms. The molecule has 5 nitrogen and oxygen atoms in total. The maximum absolute atomic E-state index is 11.3. The summed E-state index contributed by atoms with van der Waals surface area (Å²) in [5.74, 6) is 0. The lowest BCUT2D eigenvalue weighted by atomic mass is 10.1. The second kappa shape index (κ2) is 8.26. The monoisotopic (exact) mass is 338 g/mol. The largest absolute Gasteiger partial charge is 0.329 e. The molecule has 1 aliphatic rings. The molecule has 1 rings (SSSR count). The first-order chi connectivity index (χ1) is 9.66. The van der Waals surface area contributed by atoms with Crippen molar-refractivity contribution in [2.24, 2.45) is 0 Å². The van der Waals surface area contributed by atoms with Crippen molar-refractivity contribution in [3.63, 3.8) is 0 Å². The van der Waals surface area contributed by atoms with Gasteiger partial charge in [0, 0.05) is 17.8 Å². The molecule has 0 aromatic rings. The van der Waals surface area contributed by atoms with Gasteiger partial charge in [0.05, 0.1) is 4.75 Å². The Morgan fingerprint density at radius 1 is 1.00 bits per heavy atom. The van der Waals surface area contributed by atoms with E-state index in [9.17, 15) is 13.3 Å². The molecule has 0 aromatic heterocycles.